The quantitative estimate of drug-likeness (QED) is 0.168. The van der Waals surface area contributed by atoms with Crippen LogP contribution in [0.25, 0.3) is 122 Å². The lowest BCUT2D eigenvalue weighted by molar-refractivity contribution is 0.669. The third-order valence-electron chi connectivity index (χ3n) is 12.4. The van der Waals surface area contributed by atoms with Gasteiger partial charge in [0, 0.05) is 54.7 Å². The lowest BCUT2D eigenvalue weighted by Crippen LogP contribution is -2.04. The van der Waals surface area contributed by atoms with Crippen molar-refractivity contribution in [1.82, 2.24) is 24.1 Å². The Morgan fingerprint density at radius 3 is 1.43 bits per heavy atom. The maximum atomic E-state index is 6.39. The normalized spacial score (nSPS) is 11.8. The van der Waals surface area contributed by atoms with Crippen LogP contribution in [0.1, 0.15) is 0 Å². The van der Waals surface area contributed by atoms with Gasteiger partial charge in [0.1, 0.15) is 11.2 Å². The van der Waals surface area contributed by atoms with Gasteiger partial charge in [-0.25, -0.2) is 15.0 Å². The molecule has 4 aromatic heterocycles. The zero-order valence-electron chi connectivity index (χ0n) is 33.9. The van der Waals surface area contributed by atoms with E-state index < -0.39 is 0 Å². The summed E-state index contributed by atoms with van der Waals surface area (Å²) in [6.45, 7) is 0. The predicted molar refractivity (Wildman–Crippen MR) is 258 cm³/mol. The van der Waals surface area contributed by atoms with Crippen molar-refractivity contribution in [3.8, 4) is 56.7 Å². The van der Waals surface area contributed by atoms with Crippen LogP contribution in [0.5, 0.6) is 0 Å². The van der Waals surface area contributed by atoms with E-state index in [9.17, 15) is 0 Å². The second-order valence-corrected chi connectivity index (χ2v) is 16.0. The summed E-state index contributed by atoms with van der Waals surface area (Å²) in [6, 6.07) is 74.5. The number of benzene rings is 9. The molecule has 0 aliphatic rings. The molecule has 0 amide bonds. The van der Waals surface area contributed by atoms with Crippen LogP contribution in [-0.4, -0.2) is 24.1 Å². The monoisotopic (exact) mass is 805 g/mol. The summed E-state index contributed by atoms with van der Waals surface area (Å²) in [5, 5.41) is 6.97. The number of nitrogens with zero attached hydrogens (tertiary/aromatic N) is 5. The van der Waals surface area contributed by atoms with E-state index in [0.29, 0.717) is 17.5 Å². The smallest absolute Gasteiger partial charge is 0.166 e. The molecule has 4 heterocycles. The van der Waals surface area contributed by atoms with Gasteiger partial charge in [-0.15, -0.1) is 0 Å². The molecule has 0 fully saturated rings. The number of hydrogen-bond donors (Lipinski definition) is 0. The topological polar surface area (TPSA) is 61.7 Å². The molecule has 0 spiro atoms. The number of fused-ring (bicyclic) bond motifs is 9. The third-order valence-corrected chi connectivity index (χ3v) is 12.4. The highest BCUT2D eigenvalue weighted by molar-refractivity contribution is 6.12. The molecular formula is C57H35N5O. The van der Waals surface area contributed by atoms with Crippen molar-refractivity contribution in [2.75, 3.05) is 0 Å². The first-order valence-corrected chi connectivity index (χ1v) is 21.2. The van der Waals surface area contributed by atoms with E-state index in [-0.39, 0.29) is 0 Å². The Bertz CT molecular complexity index is 3810. The fourth-order valence-corrected chi connectivity index (χ4v) is 9.48. The van der Waals surface area contributed by atoms with Crippen molar-refractivity contribution in [2.24, 2.45) is 0 Å². The first-order valence-electron chi connectivity index (χ1n) is 21.2. The maximum absolute atomic E-state index is 6.39. The number of furan rings is 1. The van der Waals surface area contributed by atoms with E-state index in [1.165, 1.54) is 21.8 Å². The molecule has 6 heteroatoms. The fourth-order valence-electron chi connectivity index (χ4n) is 9.48. The molecule has 0 bridgehead atoms. The van der Waals surface area contributed by atoms with Crippen LogP contribution in [0, 0.1) is 0 Å². The summed E-state index contributed by atoms with van der Waals surface area (Å²) in [4.78, 5) is 15.7. The van der Waals surface area contributed by atoms with Gasteiger partial charge in [0.2, 0.25) is 0 Å². The third kappa shape index (κ3) is 5.62. The molecule has 294 valence electrons. The van der Waals surface area contributed by atoms with Gasteiger partial charge in [0.15, 0.2) is 17.5 Å². The van der Waals surface area contributed by atoms with Crippen molar-refractivity contribution in [3.05, 3.63) is 212 Å². The molecule has 9 aromatic carbocycles. The second kappa shape index (κ2) is 14.0. The first-order chi connectivity index (χ1) is 31.2. The highest BCUT2D eigenvalue weighted by Crippen LogP contribution is 2.41. The van der Waals surface area contributed by atoms with E-state index in [2.05, 4.69) is 173 Å². The Kier molecular flexibility index (Phi) is 7.80. The van der Waals surface area contributed by atoms with Crippen LogP contribution >= 0.6 is 0 Å². The second-order valence-electron chi connectivity index (χ2n) is 16.0. The van der Waals surface area contributed by atoms with Crippen LogP contribution in [0.15, 0.2) is 217 Å². The molecule has 0 saturated carbocycles. The summed E-state index contributed by atoms with van der Waals surface area (Å²) < 4.78 is 11.2. The fraction of sp³-hybridized carbons (Fsp3) is 0. The molecule has 0 saturated heterocycles. The summed E-state index contributed by atoms with van der Waals surface area (Å²) >= 11 is 0. The molecule has 13 rings (SSSR count). The summed E-state index contributed by atoms with van der Waals surface area (Å²) in [5.74, 6) is 1.79. The minimum atomic E-state index is 0.578. The summed E-state index contributed by atoms with van der Waals surface area (Å²) in [5.41, 5.74) is 13.0. The SMILES string of the molecule is c1ccc(-c2nc(-c3ccccc3)nc(-c3cc(-c4ccc5c(c4)oc4ccccc45)ccc3-n3c4ccccc4c4ccc(-n5c6ccccc6c6ccccc65)cc43)n2)cc1. The highest BCUT2D eigenvalue weighted by atomic mass is 16.3. The van der Waals surface area contributed by atoms with Crippen LogP contribution < -0.4 is 0 Å². The number of hydrogen-bond acceptors (Lipinski definition) is 4. The van der Waals surface area contributed by atoms with Gasteiger partial charge in [-0.05, 0) is 71.8 Å². The molecule has 0 radical (unpaired) electrons. The standard InChI is InChI=1S/C57H35N5O/c1-3-15-36(16-4-1)55-58-56(37-17-5-2-6-18-37)60-57(59-55)47-33-38(39-27-30-46-45-22-10-14-26-53(45)63-54(46)34-39)28-32-51(47)62-50-25-13-9-21-43(50)44-31-29-40(35-52(44)62)61-48-23-11-7-19-41(48)42-20-8-12-24-49(42)61/h1-35H. The van der Waals surface area contributed by atoms with Crippen LogP contribution in [-0.2, 0) is 0 Å². The Morgan fingerprint density at radius 1 is 0.302 bits per heavy atom. The minimum Gasteiger partial charge on any atom is -0.456 e. The van der Waals surface area contributed by atoms with Gasteiger partial charge in [0.05, 0.1) is 27.8 Å². The van der Waals surface area contributed by atoms with Gasteiger partial charge in [0.25, 0.3) is 0 Å². The molecule has 0 unspecified atom stereocenters. The van der Waals surface area contributed by atoms with Gasteiger partial charge >= 0.3 is 0 Å². The van der Waals surface area contributed by atoms with Crippen molar-refractivity contribution >= 4 is 65.6 Å². The van der Waals surface area contributed by atoms with Gasteiger partial charge in [-0.1, -0.05) is 152 Å². The minimum absolute atomic E-state index is 0.578. The Labute approximate surface area is 361 Å². The predicted octanol–water partition coefficient (Wildman–Crippen LogP) is 14.6. The largest absolute Gasteiger partial charge is 0.456 e. The van der Waals surface area contributed by atoms with Crippen molar-refractivity contribution in [1.29, 1.82) is 0 Å². The molecule has 6 nitrogen and oxygen atoms in total. The molecular weight excluding hydrogens is 771 g/mol. The number of rotatable bonds is 6. The van der Waals surface area contributed by atoms with E-state index in [4.69, 9.17) is 19.4 Å². The molecule has 13 aromatic rings. The maximum Gasteiger partial charge on any atom is 0.166 e. The average molecular weight is 806 g/mol. The summed E-state index contributed by atoms with van der Waals surface area (Å²) in [7, 11) is 0. The van der Waals surface area contributed by atoms with Gasteiger partial charge in [-0.2, -0.15) is 0 Å². The lowest BCUT2D eigenvalue weighted by atomic mass is 9.99. The molecule has 63 heavy (non-hydrogen) atoms. The Morgan fingerprint density at radius 2 is 0.778 bits per heavy atom. The molecule has 0 aliphatic carbocycles. The molecule has 0 atom stereocenters. The van der Waals surface area contributed by atoms with Crippen molar-refractivity contribution in [2.45, 2.75) is 0 Å². The summed E-state index contributed by atoms with van der Waals surface area (Å²) in [6.07, 6.45) is 0. The highest BCUT2D eigenvalue weighted by Gasteiger charge is 2.22. The number of aromatic nitrogens is 5. The van der Waals surface area contributed by atoms with Gasteiger partial charge < -0.3 is 13.6 Å². The van der Waals surface area contributed by atoms with Crippen molar-refractivity contribution < 1.29 is 4.42 Å². The van der Waals surface area contributed by atoms with Gasteiger partial charge in [-0.3, -0.25) is 0 Å². The van der Waals surface area contributed by atoms with E-state index >= 15 is 0 Å². The zero-order chi connectivity index (χ0) is 41.4. The average Bonchev–Trinajstić information content (AvgIpc) is 4.01. The van der Waals surface area contributed by atoms with Crippen molar-refractivity contribution in [3.63, 3.8) is 0 Å². The van der Waals surface area contributed by atoms with E-state index in [0.717, 1.165) is 82.9 Å². The van der Waals surface area contributed by atoms with E-state index in [1.807, 2.05) is 48.5 Å². The van der Waals surface area contributed by atoms with E-state index in [1.54, 1.807) is 0 Å². The molecule has 0 N–H and O–H groups in total. The Balaban J connectivity index is 1.10. The van der Waals surface area contributed by atoms with Crippen LogP contribution in [0.4, 0.5) is 0 Å². The van der Waals surface area contributed by atoms with Crippen LogP contribution in [0.2, 0.25) is 0 Å². The first kappa shape index (κ1) is 35.2. The Hall–Kier alpha value is -8.61. The molecule has 0 aliphatic heterocycles. The zero-order valence-corrected chi connectivity index (χ0v) is 33.9. The van der Waals surface area contributed by atoms with Crippen LogP contribution in [0.3, 0.4) is 0 Å². The lowest BCUT2D eigenvalue weighted by Gasteiger charge is -2.17. The number of para-hydroxylation sites is 4.